The molecular weight excluding hydrogens is 290 g/mol. The van der Waals surface area contributed by atoms with Crippen LogP contribution < -0.4 is 5.32 Å². The van der Waals surface area contributed by atoms with Gasteiger partial charge in [-0.25, -0.2) is 0 Å². The fourth-order valence-electron chi connectivity index (χ4n) is 2.06. The SMILES string of the molecule is CCNC(Cc1cnn(C)c1)c1ccc(Br)cc1. The number of benzene rings is 1. The highest BCUT2D eigenvalue weighted by Gasteiger charge is 2.11. The number of nitrogens with one attached hydrogen (secondary N) is 1. The van der Waals surface area contributed by atoms with Crippen LogP contribution in [0.3, 0.4) is 0 Å². The lowest BCUT2D eigenvalue weighted by atomic mass is 10.0. The minimum Gasteiger partial charge on any atom is -0.310 e. The van der Waals surface area contributed by atoms with Crippen LogP contribution in [0.25, 0.3) is 0 Å². The molecule has 2 aromatic rings. The van der Waals surface area contributed by atoms with Gasteiger partial charge < -0.3 is 5.32 Å². The van der Waals surface area contributed by atoms with E-state index in [1.54, 1.807) is 0 Å². The van der Waals surface area contributed by atoms with Crippen molar-refractivity contribution in [1.29, 1.82) is 0 Å². The highest BCUT2D eigenvalue weighted by Crippen LogP contribution is 2.20. The van der Waals surface area contributed by atoms with Crippen LogP contribution in [0.15, 0.2) is 41.1 Å². The molecule has 0 spiro atoms. The number of nitrogens with zero attached hydrogens (tertiary/aromatic N) is 2. The van der Waals surface area contributed by atoms with E-state index in [1.165, 1.54) is 11.1 Å². The van der Waals surface area contributed by atoms with Crippen LogP contribution in [0.2, 0.25) is 0 Å². The van der Waals surface area contributed by atoms with Gasteiger partial charge in [0, 0.05) is 23.8 Å². The van der Waals surface area contributed by atoms with Crippen molar-refractivity contribution < 1.29 is 0 Å². The Kier molecular flexibility index (Phi) is 4.55. The molecule has 96 valence electrons. The van der Waals surface area contributed by atoms with E-state index in [-0.39, 0.29) is 0 Å². The van der Waals surface area contributed by atoms with Crippen molar-refractivity contribution in [3.8, 4) is 0 Å². The average Bonchev–Trinajstić information content (AvgIpc) is 2.75. The lowest BCUT2D eigenvalue weighted by Gasteiger charge is -2.17. The first-order chi connectivity index (χ1) is 8.69. The van der Waals surface area contributed by atoms with Gasteiger partial charge in [-0.3, -0.25) is 4.68 Å². The molecule has 0 aliphatic carbocycles. The Bertz CT molecular complexity index is 490. The molecule has 0 aliphatic heterocycles. The summed E-state index contributed by atoms with van der Waals surface area (Å²) in [5, 5.41) is 7.74. The zero-order valence-electron chi connectivity index (χ0n) is 10.7. The fourth-order valence-corrected chi connectivity index (χ4v) is 2.33. The lowest BCUT2D eigenvalue weighted by Crippen LogP contribution is -2.22. The topological polar surface area (TPSA) is 29.9 Å². The first kappa shape index (κ1) is 13.3. The summed E-state index contributed by atoms with van der Waals surface area (Å²) in [5.41, 5.74) is 2.57. The van der Waals surface area contributed by atoms with Gasteiger partial charge in [0.15, 0.2) is 0 Å². The maximum atomic E-state index is 4.22. The maximum absolute atomic E-state index is 4.22. The highest BCUT2D eigenvalue weighted by molar-refractivity contribution is 9.10. The second-order valence-corrected chi connectivity index (χ2v) is 5.30. The summed E-state index contributed by atoms with van der Waals surface area (Å²) in [7, 11) is 1.95. The third-order valence-electron chi connectivity index (χ3n) is 2.92. The molecule has 1 heterocycles. The molecule has 1 unspecified atom stereocenters. The Balaban J connectivity index is 2.14. The van der Waals surface area contributed by atoms with Gasteiger partial charge in [-0.05, 0) is 36.2 Å². The molecule has 0 bridgehead atoms. The second-order valence-electron chi connectivity index (χ2n) is 4.39. The molecule has 0 saturated carbocycles. The highest BCUT2D eigenvalue weighted by atomic mass is 79.9. The van der Waals surface area contributed by atoms with Crippen molar-refractivity contribution in [2.45, 2.75) is 19.4 Å². The minimum atomic E-state index is 0.340. The smallest absolute Gasteiger partial charge is 0.0522 e. The number of halogens is 1. The fraction of sp³-hybridized carbons (Fsp3) is 0.357. The van der Waals surface area contributed by atoms with Gasteiger partial charge in [-0.1, -0.05) is 35.0 Å². The molecule has 1 aromatic heterocycles. The zero-order valence-corrected chi connectivity index (χ0v) is 12.3. The van der Waals surface area contributed by atoms with E-state index in [0.717, 1.165) is 17.4 Å². The maximum Gasteiger partial charge on any atom is 0.0522 e. The standard InChI is InChI=1S/C14H18BrN3/c1-3-16-14(8-11-9-17-18(2)10-11)12-4-6-13(15)7-5-12/h4-7,9-10,14,16H,3,8H2,1-2H3. The van der Waals surface area contributed by atoms with Crippen LogP contribution in [0.4, 0.5) is 0 Å². The predicted octanol–water partition coefficient (Wildman–Crippen LogP) is 3.08. The Morgan fingerprint density at radius 1 is 1.33 bits per heavy atom. The summed E-state index contributed by atoms with van der Waals surface area (Å²) in [6.07, 6.45) is 4.97. The number of hydrogen-bond acceptors (Lipinski definition) is 2. The van der Waals surface area contributed by atoms with Gasteiger partial charge in [-0.2, -0.15) is 5.10 Å². The Labute approximate surface area is 116 Å². The molecule has 0 radical (unpaired) electrons. The molecule has 4 heteroatoms. The first-order valence-corrected chi connectivity index (χ1v) is 6.94. The van der Waals surface area contributed by atoms with Gasteiger partial charge in [0.05, 0.1) is 6.20 Å². The van der Waals surface area contributed by atoms with Gasteiger partial charge in [0.2, 0.25) is 0 Å². The normalized spacial score (nSPS) is 12.6. The predicted molar refractivity (Wildman–Crippen MR) is 77.5 cm³/mol. The van der Waals surface area contributed by atoms with Crippen molar-refractivity contribution in [2.24, 2.45) is 7.05 Å². The summed E-state index contributed by atoms with van der Waals surface area (Å²) >= 11 is 3.47. The number of aryl methyl sites for hydroxylation is 1. The summed E-state index contributed by atoms with van der Waals surface area (Å²) in [5.74, 6) is 0. The number of aromatic nitrogens is 2. The van der Waals surface area contributed by atoms with Crippen molar-refractivity contribution in [3.05, 3.63) is 52.3 Å². The second kappa shape index (κ2) is 6.16. The molecule has 1 N–H and O–H groups in total. The lowest BCUT2D eigenvalue weighted by molar-refractivity contribution is 0.549. The summed E-state index contributed by atoms with van der Waals surface area (Å²) in [4.78, 5) is 0. The van der Waals surface area contributed by atoms with E-state index >= 15 is 0 Å². The van der Waals surface area contributed by atoms with E-state index < -0.39 is 0 Å². The van der Waals surface area contributed by atoms with Gasteiger partial charge in [0.1, 0.15) is 0 Å². The molecule has 3 nitrogen and oxygen atoms in total. The molecule has 1 aromatic carbocycles. The van der Waals surface area contributed by atoms with Crippen LogP contribution >= 0.6 is 15.9 Å². The first-order valence-electron chi connectivity index (χ1n) is 6.15. The summed E-state index contributed by atoms with van der Waals surface area (Å²) in [6, 6.07) is 8.83. The van der Waals surface area contributed by atoms with Crippen molar-refractivity contribution in [2.75, 3.05) is 6.54 Å². The molecule has 2 rings (SSSR count). The van der Waals surface area contributed by atoms with E-state index in [2.05, 4.69) is 63.7 Å². The van der Waals surface area contributed by atoms with Crippen LogP contribution in [-0.2, 0) is 13.5 Å². The Morgan fingerprint density at radius 3 is 2.61 bits per heavy atom. The summed E-state index contributed by atoms with van der Waals surface area (Å²) < 4.78 is 2.96. The monoisotopic (exact) mass is 307 g/mol. The molecule has 0 aliphatic rings. The number of rotatable bonds is 5. The molecule has 0 amide bonds. The molecule has 0 fully saturated rings. The molecule has 1 atom stereocenters. The quantitative estimate of drug-likeness (QED) is 0.920. The van der Waals surface area contributed by atoms with E-state index in [1.807, 2.05) is 17.9 Å². The van der Waals surface area contributed by atoms with Crippen LogP contribution in [-0.4, -0.2) is 16.3 Å². The van der Waals surface area contributed by atoms with Crippen LogP contribution in [0.1, 0.15) is 24.1 Å². The van der Waals surface area contributed by atoms with Gasteiger partial charge in [0.25, 0.3) is 0 Å². The Morgan fingerprint density at radius 2 is 2.06 bits per heavy atom. The zero-order chi connectivity index (χ0) is 13.0. The van der Waals surface area contributed by atoms with Crippen LogP contribution in [0.5, 0.6) is 0 Å². The number of hydrogen-bond donors (Lipinski definition) is 1. The van der Waals surface area contributed by atoms with Crippen molar-refractivity contribution >= 4 is 15.9 Å². The minimum absolute atomic E-state index is 0.340. The summed E-state index contributed by atoms with van der Waals surface area (Å²) in [6.45, 7) is 3.09. The average molecular weight is 308 g/mol. The van der Waals surface area contributed by atoms with E-state index in [9.17, 15) is 0 Å². The Hall–Kier alpha value is -1.13. The third-order valence-corrected chi connectivity index (χ3v) is 3.45. The van der Waals surface area contributed by atoms with E-state index in [4.69, 9.17) is 0 Å². The van der Waals surface area contributed by atoms with Gasteiger partial charge in [-0.15, -0.1) is 0 Å². The molecule has 0 saturated heterocycles. The van der Waals surface area contributed by atoms with Crippen LogP contribution in [0, 0.1) is 0 Å². The van der Waals surface area contributed by atoms with E-state index in [0.29, 0.717) is 6.04 Å². The van der Waals surface area contributed by atoms with Gasteiger partial charge >= 0.3 is 0 Å². The van der Waals surface area contributed by atoms with Crippen molar-refractivity contribution in [1.82, 2.24) is 15.1 Å². The third kappa shape index (κ3) is 3.43. The molecular formula is C14H18BrN3. The molecule has 18 heavy (non-hydrogen) atoms. The number of likely N-dealkylation sites (N-methyl/N-ethyl adjacent to an activating group) is 1. The van der Waals surface area contributed by atoms with Crippen molar-refractivity contribution in [3.63, 3.8) is 0 Å². The largest absolute Gasteiger partial charge is 0.310 e.